The Hall–Kier alpha value is -1.84. The van der Waals surface area contributed by atoms with E-state index in [-0.39, 0.29) is 5.56 Å². The Balaban J connectivity index is 1.95. The van der Waals surface area contributed by atoms with Crippen molar-refractivity contribution in [2.75, 3.05) is 20.2 Å². The molecule has 0 N–H and O–H groups in total. The predicted molar refractivity (Wildman–Crippen MR) is 70.0 cm³/mol. The van der Waals surface area contributed by atoms with Gasteiger partial charge in [-0.25, -0.2) is 9.18 Å². The summed E-state index contributed by atoms with van der Waals surface area (Å²) in [7, 11) is 1.25. The Morgan fingerprint density at radius 1 is 1.37 bits per heavy atom. The van der Waals surface area contributed by atoms with Gasteiger partial charge in [0.1, 0.15) is 5.82 Å². The lowest BCUT2D eigenvalue weighted by atomic mass is 9.88. The summed E-state index contributed by atoms with van der Waals surface area (Å²) in [5.74, 6) is -0.542. The Kier molecular flexibility index (Phi) is 3.01. The fourth-order valence-corrected chi connectivity index (χ4v) is 2.86. The van der Waals surface area contributed by atoms with Crippen molar-refractivity contribution in [2.24, 2.45) is 5.92 Å². The number of allylic oxidation sites excluding steroid dienone is 1. The standard InChI is InChI=1S/C15H16FNO2/c1-19-15(18)12-3-2-11(9-13(12)16)14-8-10-4-6-17(14)7-5-10/h2-3,8-10H,4-7H2,1H3. The summed E-state index contributed by atoms with van der Waals surface area (Å²) in [5.41, 5.74) is 1.93. The molecule has 0 unspecified atom stereocenters. The van der Waals surface area contributed by atoms with Crippen LogP contribution in [0.2, 0.25) is 0 Å². The van der Waals surface area contributed by atoms with Crippen molar-refractivity contribution in [1.29, 1.82) is 0 Å². The Bertz CT molecular complexity index is 545. The molecule has 100 valence electrons. The summed E-state index contributed by atoms with van der Waals surface area (Å²) >= 11 is 0. The second-order valence-electron chi connectivity index (χ2n) is 5.06. The van der Waals surface area contributed by atoms with Gasteiger partial charge in [0.05, 0.1) is 12.7 Å². The van der Waals surface area contributed by atoms with Gasteiger partial charge in [-0.05, 0) is 30.9 Å². The molecule has 3 nitrogen and oxygen atoms in total. The van der Waals surface area contributed by atoms with Crippen LogP contribution in [-0.2, 0) is 4.74 Å². The number of hydrogen-bond donors (Lipinski definition) is 0. The molecule has 0 amide bonds. The van der Waals surface area contributed by atoms with E-state index in [9.17, 15) is 9.18 Å². The minimum absolute atomic E-state index is 0.0113. The molecule has 2 bridgehead atoms. The molecule has 0 saturated carbocycles. The molecule has 0 aliphatic carbocycles. The summed E-state index contributed by atoms with van der Waals surface area (Å²) in [4.78, 5) is 13.6. The zero-order valence-electron chi connectivity index (χ0n) is 10.9. The number of carbonyl (C=O) groups excluding carboxylic acids is 1. The number of fused-ring (bicyclic) bond motifs is 2. The normalized spacial score (nSPS) is 18.4. The van der Waals surface area contributed by atoms with E-state index in [2.05, 4.69) is 15.7 Å². The lowest BCUT2D eigenvalue weighted by Crippen LogP contribution is -2.36. The molecule has 3 aliphatic heterocycles. The molecule has 1 aromatic carbocycles. The molecule has 0 aromatic heterocycles. The van der Waals surface area contributed by atoms with Gasteiger partial charge >= 0.3 is 5.97 Å². The van der Waals surface area contributed by atoms with Gasteiger partial charge in [-0.15, -0.1) is 0 Å². The molecule has 3 heterocycles. The highest BCUT2D eigenvalue weighted by atomic mass is 19.1. The number of esters is 1. The maximum absolute atomic E-state index is 13.9. The van der Waals surface area contributed by atoms with E-state index >= 15 is 0 Å². The quantitative estimate of drug-likeness (QED) is 0.767. The third-order valence-electron chi connectivity index (χ3n) is 3.94. The van der Waals surface area contributed by atoms with Gasteiger partial charge in [0.15, 0.2) is 0 Å². The number of ether oxygens (including phenoxy) is 1. The molecule has 1 fully saturated rings. The first-order chi connectivity index (χ1) is 9.19. The third-order valence-corrected chi connectivity index (χ3v) is 3.94. The fraction of sp³-hybridized carbons (Fsp3) is 0.400. The molecule has 0 spiro atoms. The number of methoxy groups -OCH3 is 1. The molecule has 1 aromatic rings. The zero-order valence-corrected chi connectivity index (χ0v) is 10.9. The number of carbonyl (C=O) groups is 1. The van der Waals surface area contributed by atoms with Crippen molar-refractivity contribution >= 4 is 11.7 Å². The largest absolute Gasteiger partial charge is 0.465 e. The lowest BCUT2D eigenvalue weighted by molar-refractivity contribution is 0.0595. The molecular formula is C15H16FNO2. The van der Waals surface area contributed by atoms with Crippen LogP contribution >= 0.6 is 0 Å². The average Bonchev–Trinajstić information content (AvgIpc) is 2.47. The predicted octanol–water partition coefficient (Wildman–Crippen LogP) is 2.68. The maximum Gasteiger partial charge on any atom is 0.340 e. The SMILES string of the molecule is COC(=O)c1ccc(C2=CC3CCN2CC3)cc1F. The van der Waals surface area contributed by atoms with Gasteiger partial charge in [-0.1, -0.05) is 12.1 Å². The van der Waals surface area contributed by atoms with Gasteiger partial charge in [0.2, 0.25) is 0 Å². The highest BCUT2D eigenvalue weighted by molar-refractivity contribution is 5.90. The molecule has 4 rings (SSSR count). The fourth-order valence-electron chi connectivity index (χ4n) is 2.86. The van der Waals surface area contributed by atoms with Crippen LogP contribution in [0.1, 0.15) is 28.8 Å². The van der Waals surface area contributed by atoms with E-state index in [0.29, 0.717) is 5.92 Å². The number of rotatable bonds is 2. The van der Waals surface area contributed by atoms with Crippen molar-refractivity contribution in [3.8, 4) is 0 Å². The van der Waals surface area contributed by atoms with Crippen molar-refractivity contribution in [3.63, 3.8) is 0 Å². The Morgan fingerprint density at radius 2 is 2.11 bits per heavy atom. The van der Waals surface area contributed by atoms with Crippen molar-refractivity contribution in [1.82, 2.24) is 4.90 Å². The topological polar surface area (TPSA) is 29.5 Å². The minimum atomic E-state index is -0.636. The number of piperidine rings is 1. The van der Waals surface area contributed by atoms with E-state index in [1.165, 1.54) is 32.1 Å². The van der Waals surface area contributed by atoms with Crippen LogP contribution in [0.3, 0.4) is 0 Å². The monoisotopic (exact) mass is 261 g/mol. The van der Waals surface area contributed by atoms with Crippen LogP contribution in [-0.4, -0.2) is 31.1 Å². The van der Waals surface area contributed by atoms with Gasteiger partial charge in [0.25, 0.3) is 0 Å². The van der Waals surface area contributed by atoms with Crippen molar-refractivity contribution in [3.05, 3.63) is 41.2 Å². The summed E-state index contributed by atoms with van der Waals surface area (Å²) in [6, 6.07) is 4.72. The molecule has 0 atom stereocenters. The Morgan fingerprint density at radius 3 is 2.63 bits per heavy atom. The first-order valence-corrected chi connectivity index (χ1v) is 6.54. The van der Waals surface area contributed by atoms with Gasteiger partial charge in [0, 0.05) is 24.4 Å². The highest BCUT2D eigenvalue weighted by Crippen LogP contribution is 2.35. The van der Waals surface area contributed by atoms with Crippen LogP contribution in [0.4, 0.5) is 4.39 Å². The molecule has 1 saturated heterocycles. The summed E-state index contributed by atoms with van der Waals surface area (Å²) in [6.45, 7) is 2.08. The minimum Gasteiger partial charge on any atom is -0.465 e. The van der Waals surface area contributed by atoms with E-state index in [1.54, 1.807) is 6.07 Å². The molecule has 3 aliphatic rings. The van der Waals surface area contributed by atoms with Gasteiger partial charge in [-0.3, -0.25) is 0 Å². The number of nitrogens with zero attached hydrogens (tertiary/aromatic N) is 1. The van der Waals surface area contributed by atoms with Gasteiger partial charge < -0.3 is 9.64 Å². The van der Waals surface area contributed by atoms with E-state index in [1.807, 2.05) is 0 Å². The summed E-state index contributed by atoms with van der Waals surface area (Å²) < 4.78 is 18.5. The Labute approximate surface area is 111 Å². The van der Waals surface area contributed by atoms with E-state index in [4.69, 9.17) is 0 Å². The first-order valence-electron chi connectivity index (χ1n) is 6.54. The van der Waals surface area contributed by atoms with Gasteiger partial charge in [-0.2, -0.15) is 0 Å². The molecule has 19 heavy (non-hydrogen) atoms. The smallest absolute Gasteiger partial charge is 0.340 e. The second kappa shape index (κ2) is 4.68. The molecule has 0 radical (unpaired) electrons. The van der Waals surface area contributed by atoms with Crippen molar-refractivity contribution < 1.29 is 13.9 Å². The molecule has 4 heteroatoms. The number of benzene rings is 1. The second-order valence-corrected chi connectivity index (χ2v) is 5.06. The third kappa shape index (κ3) is 2.11. The highest BCUT2D eigenvalue weighted by Gasteiger charge is 2.27. The van der Waals surface area contributed by atoms with Crippen LogP contribution in [0.25, 0.3) is 5.70 Å². The summed E-state index contributed by atoms with van der Waals surface area (Å²) in [6.07, 6.45) is 4.60. The number of halogens is 1. The van der Waals surface area contributed by atoms with E-state index < -0.39 is 11.8 Å². The molecular weight excluding hydrogens is 245 g/mol. The van der Waals surface area contributed by atoms with Crippen LogP contribution in [0, 0.1) is 11.7 Å². The van der Waals surface area contributed by atoms with Crippen LogP contribution in [0.5, 0.6) is 0 Å². The maximum atomic E-state index is 13.9. The van der Waals surface area contributed by atoms with E-state index in [0.717, 1.165) is 24.4 Å². The summed E-state index contributed by atoms with van der Waals surface area (Å²) in [5, 5.41) is 0. The zero-order chi connectivity index (χ0) is 13.4. The number of hydrogen-bond acceptors (Lipinski definition) is 3. The van der Waals surface area contributed by atoms with Crippen LogP contribution in [0.15, 0.2) is 24.3 Å². The lowest BCUT2D eigenvalue weighted by Gasteiger charge is -2.40. The first kappa shape index (κ1) is 12.2. The average molecular weight is 261 g/mol. The van der Waals surface area contributed by atoms with Crippen LogP contribution < -0.4 is 0 Å². The van der Waals surface area contributed by atoms with Crippen molar-refractivity contribution in [2.45, 2.75) is 12.8 Å².